The zero-order valence-electron chi connectivity index (χ0n) is 7.55. The number of rotatable bonds is 1. The van der Waals surface area contributed by atoms with Crippen molar-refractivity contribution in [2.75, 3.05) is 6.54 Å². The van der Waals surface area contributed by atoms with Gasteiger partial charge in [-0.2, -0.15) is 0 Å². The number of aromatic amines is 1. The third-order valence-corrected chi connectivity index (χ3v) is 2.48. The minimum absolute atomic E-state index is 0.00938. The average molecular weight is 178 g/mol. The molecule has 1 aromatic rings. The van der Waals surface area contributed by atoms with Crippen LogP contribution in [0.15, 0.2) is 23.0 Å². The summed E-state index contributed by atoms with van der Waals surface area (Å²) < 4.78 is 0. The zero-order chi connectivity index (χ0) is 9.10. The van der Waals surface area contributed by atoms with Crippen LogP contribution < -0.4 is 10.9 Å². The van der Waals surface area contributed by atoms with Gasteiger partial charge in [0.05, 0.1) is 0 Å². The van der Waals surface area contributed by atoms with Crippen LogP contribution in [0.4, 0.5) is 0 Å². The van der Waals surface area contributed by atoms with Gasteiger partial charge >= 0.3 is 0 Å². The summed E-state index contributed by atoms with van der Waals surface area (Å²) in [5.74, 6) is 0. The second-order valence-corrected chi connectivity index (χ2v) is 3.47. The van der Waals surface area contributed by atoms with Crippen LogP contribution in [-0.4, -0.2) is 11.5 Å². The highest BCUT2D eigenvalue weighted by Gasteiger charge is 2.14. The molecule has 0 amide bonds. The van der Waals surface area contributed by atoms with Crippen LogP contribution in [0.2, 0.25) is 0 Å². The summed E-state index contributed by atoms with van der Waals surface area (Å²) in [6.07, 6.45) is 3.61. The van der Waals surface area contributed by atoms with E-state index in [1.165, 1.54) is 12.8 Å². The maximum Gasteiger partial charge on any atom is 0.248 e. The van der Waals surface area contributed by atoms with E-state index in [-0.39, 0.29) is 5.56 Å². The predicted octanol–water partition coefficient (Wildman–Crippen LogP) is 1.19. The Kier molecular flexibility index (Phi) is 2.45. The first-order valence-electron chi connectivity index (χ1n) is 4.79. The quantitative estimate of drug-likeness (QED) is 0.678. The van der Waals surface area contributed by atoms with Crippen molar-refractivity contribution in [3.05, 3.63) is 34.2 Å². The van der Waals surface area contributed by atoms with Gasteiger partial charge in [0, 0.05) is 17.8 Å². The number of piperidine rings is 1. The third kappa shape index (κ3) is 1.98. The molecule has 1 aliphatic heterocycles. The van der Waals surface area contributed by atoms with E-state index in [4.69, 9.17) is 0 Å². The van der Waals surface area contributed by atoms with Gasteiger partial charge in [0.2, 0.25) is 5.56 Å². The van der Waals surface area contributed by atoms with Crippen molar-refractivity contribution < 1.29 is 0 Å². The minimum Gasteiger partial charge on any atom is -0.325 e. The average Bonchev–Trinajstić information content (AvgIpc) is 2.19. The normalized spacial score (nSPS) is 22.9. The van der Waals surface area contributed by atoms with Crippen LogP contribution in [0.3, 0.4) is 0 Å². The van der Waals surface area contributed by atoms with Gasteiger partial charge in [-0.25, -0.2) is 0 Å². The van der Waals surface area contributed by atoms with Gasteiger partial charge in [-0.15, -0.1) is 0 Å². The molecule has 1 atom stereocenters. The van der Waals surface area contributed by atoms with Crippen molar-refractivity contribution in [1.29, 1.82) is 0 Å². The maximum atomic E-state index is 11.0. The minimum atomic E-state index is -0.00938. The smallest absolute Gasteiger partial charge is 0.248 e. The van der Waals surface area contributed by atoms with Crippen LogP contribution in [0.1, 0.15) is 31.0 Å². The molecule has 0 aliphatic carbocycles. The summed E-state index contributed by atoms with van der Waals surface area (Å²) in [7, 11) is 0. The summed E-state index contributed by atoms with van der Waals surface area (Å²) in [5, 5.41) is 3.39. The molecule has 1 aromatic heterocycles. The SMILES string of the molecule is O=c1cccc(C2CCCCN2)[nH]1. The highest BCUT2D eigenvalue weighted by atomic mass is 16.1. The first kappa shape index (κ1) is 8.51. The Hall–Kier alpha value is -1.09. The molecule has 1 unspecified atom stereocenters. The Morgan fingerprint density at radius 2 is 2.23 bits per heavy atom. The molecule has 3 nitrogen and oxygen atoms in total. The van der Waals surface area contributed by atoms with Gasteiger partial charge < -0.3 is 10.3 Å². The van der Waals surface area contributed by atoms with Crippen molar-refractivity contribution in [2.24, 2.45) is 0 Å². The molecular weight excluding hydrogens is 164 g/mol. The van der Waals surface area contributed by atoms with Crippen molar-refractivity contribution in [3.63, 3.8) is 0 Å². The van der Waals surface area contributed by atoms with Crippen LogP contribution in [0.25, 0.3) is 0 Å². The molecular formula is C10H14N2O. The highest BCUT2D eigenvalue weighted by Crippen LogP contribution is 2.19. The van der Waals surface area contributed by atoms with Crippen LogP contribution in [0, 0.1) is 0 Å². The summed E-state index contributed by atoms with van der Waals surface area (Å²) in [5.41, 5.74) is 1.01. The Labute approximate surface area is 77.2 Å². The lowest BCUT2D eigenvalue weighted by Crippen LogP contribution is -2.28. The fraction of sp³-hybridized carbons (Fsp3) is 0.500. The second-order valence-electron chi connectivity index (χ2n) is 3.47. The highest BCUT2D eigenvalue weighted by molar-refractivity contribution is 5.09. The molecule has 3 heteroatoms. The molecule has 1 saturated heterocycles. The molecule has 2 N–H and O–H groups in total. The van der Waals surface area contributed by atoms with Crippen molar-refractivity contribution in [3.8, 4) is 0 Å². The second kappa shape index (κ2) is 3.75. The van der Waals surface area contributed by atoms with Crippen molar-refractivity contribution in [1.82, 2.24) is 10.3 Å². The molecule has 0 aromatic carbocycles. The fourth-order valence-electron chi connectivity index (χ4n) is 1.79. The summed E-state index contributed by atoms with van der Waals surface area (Å²) in [6, 6.07) is 5.68. The van der Waals surface area contributed by atoms with E-state index in [1.54, 1.807) is 6.07 Å². The number of pyridine rings is 1. The summed E-state index contributed by atoms with van der Waals surface area (Å²) in [4.78, 5) is 13.9. The van der Waals surface area contributed by atoms with E-state index in [0.29, 0.717) is 6.04 Å². The van der Waals surface area contributed by atoms with E-state index in [0.717, 1.165) is 18.7 Å². The third-order valence-electron chi connectivity index (χ3n) is 2.48. The largest absolute Gasteiger partial charge is 0.325 e. The Balaban J connectivity index is 2.19. The van der Waals surface area contributed by atoms with Gasteiger partial charge in [-0.3, -0.25) is 4.79 Å². The standard InChI is InChI=1S/C10H14N2O/c13-10-6-3-5-9(12-10)8-4-1-2-7-11-8/h3,5-6,8,11H,1-2,4,7H2,(H,12,13). The Morgan fingerprint density at radius 3 is 2.92 bits per heavy atom. The molecule has 0 saturated carbocycles. The van der Waals surface area contributed by atoms with E-state index in [9.17, 15) is 4.79 Å². The van der Waals surface area contributed by atoms with Crippen molar-refractivity contribution >= 4 is 0 Å². The van der Waals surface area contributed by atoms with Gasteiger partial charge in [0.15, 0.2) is 0 Å². The Morgan fingerprint density at radius 1 is 1.31 bits per heavy atom. The molecule has 0 bridgehead atoms. The molecule has 1 fully saturated rings. The molecule has 0 spiro atoms. The lowest BCUT2D eigenvalue weighted by molar-refractivity contribution is 0.405. The first-order valence-corrected chi connectivity index (χ1v) is 4.79. The number of aromatic nitrogens is 1. The van der Waals surface area contributed by atoms with Crippen LogP contribution in [0.5, 0.6) is 0 Å². The lowest BCUT2D eigenvalue weighted by atomic mass is 10.0. The number of H-pyrrole nitrogens is 1. The molecule has 2 heterocycles. The zero-order valence-corrected chi connectivity index (χ0v) is 7.55. The van der Waals surface area contributed by atoms with Gasteiger partial charge in [0.1, 0.15) is 0 Å². The Bertz CT molecular complexity index is 326. The van der Waals surface area contributed by atoms with E-state index in [2.05, 4.69) is 10.3 Å². The molecule has 70 valence electrons. The maximum absolute atomic E-state index is 11.0. The van der Waals surface area contributed by atoms with E-state index in [1.807, 2.05) is 12.1 Å². The summed E-state index contributed by atoms with van der Waals surface area (Å²) >= 11 is 0. The molecule has 1 aliphatic rings. The van der Waals surface area contributed by atoms with E-state index >= 15 is 0 Å². The molecule has 2 rings (SSSR count). The molecule has 0 radical (unpaired) electrons. The predicted molar refractivity (Wildman–Crippen MR) is 51.7 cm³/mol. The fourth-order valence-corrected chi connectivity index (χ4v) is 1.79. The van der Waals surface area contributed by atoms with Crippen LogP contribution in [-0.2, 0) is 0 Å². The number of nitrogens with one attached hydrogen (secondary N) is 2. The monoisotopic (exact) mass is 178 g/mol. The van der Waals surface area contributed by atoms with Gasteiger partial charge in [-0.1, -0.05) is 12.5 Å². The van der Waals surface area contributed by atoms with E-state index < -0.39 is 0 Å². The first-order chi connectivity index (χ1) is 6.36. The lowest BCUT2D eigenvalue weighted by Gasteiger charge is -2.23. The number of hydrogen-bond donors (Lipinski definition) is 2. The van der Waals surface area contributed by atoms with Gasteiger partial charge in [-0.05, 0) is 25.5 Å². The van der Waals surface area contributed by atoms with Crippen molar-refractivity contribution in [2.45, 2.75) is 25.3 Å². The number of hydrogen-bond acceptors (Lipinski definition) is 2. The van der Waals surface area contributed by atoms with Gasteiger partial charge in [0.25, 0.3) is 0 Å². The van der Waals surface area contributed by atoms with Crippen LogP contribution >= 0.6 is 0 Å². The topological polar surface area (TPSA) is 44.9 Å². The summed E-state index contributed by atoms with van der Waals surface area (Å²) in [6.45, 7) is 1.06. The molecule has 13 heavy (non-hydrogen) atoms.